The Morgan fingerprint density at radius 2 is 1.67 bits per heavy atom. The number of hydrogen-bond acceptors (Lipinski definition) is 6. The quantitative estimate of drug-likeness (QED) is 0.494. The van der Waals surface area contributed by atoms with Crippen LogP contribution < -0.4 is 15.0 Å². The van der Waals surface area contributed by atoms with Gasteiger partial charge in [-0.3, -0.25) is 10.0 Å². The second-order valence-electron chi connectivity index (χ2n) is 5.71. The molecule has 2 N–H and O–H groups in total. The molecule has 0 bridgehead atoms. The molecule has 2 rings (SSSR count). The lowest BCUT2D eigenvalue weighted by molar-refractivity contribution is -0.129. The van der Waals surface area contributed by atoms with Crippen molar-refractivity contribution < 1.29 is 27.9 Å². The molecule has 1 amide bonds. The summed E-state index contributed by atoms with van der Waals surface area (Å²) in [5.41, 5.74) is 2.36. The van der Waals surface area contributed by atoms with E-state index < -0.39 is 22.5 Å². The minimum Gasteiger partial charge on any atom is -0.497 e. The van der Waals surface area contributed by atoms with E-state index in [1.54, 1.807) is 43.5 Å². The molecule has 8 nitrogen and oxygen atoms in total. The molecule has 0 saturated carbocycles. The van der Waals surface area contributed by atoms with Gasteiger partial charge in [0.15, 0.2) is 0 Å². The number of sulfonamides is 1. The van der Waals surface area contributed by atoms with Crippen LogP contribution in [-0.2, 0) is 14.8 Å². The number of ether oxygens (including phenoxy) is 2. The number of amides is 1. The van der Waals surface area contributed by atoms with E-state index in [-0.39, 0.29) is 18.0 Å². The average Bonchev–Trinajstić information content (AvgIpc) is 2.67. The van der Waals surface area contributed by atoms with Gasteiger partial charge in [0.1, 0.15) is 18.1 Å². The molecule has 0 fully saturated rings. The summed E-state index contributed by atoms with van der Waals surface area (Å²) in [6, 6.07) is 13.1. The maximum absolute atomic E-state index is 12.8. The van der Waals surface area contributed by atoms with Crippen LogP contribution in [0.15, 0.2) is 53.4 Å². The fraction of sp³-hybridized carbons (Fsp3) is 0.278. The van der Waals surface area contributed by atoms with Crippen LogP contribution >= 0.6 is 0 Å². The van der Waals surface area contributed by atoms with Crippen molar-refractivity contribution in [3.8, 4) is 11.5 Å². The number of carbonyl (C=O) groups excluding carboxylic acids is 1. The molecule has 0 radical (unpaired) electrons. The van der Waals surface area contributed by atoms with Crippen molar-refractivity contribution in [2.24, 2.45) is 0 Å². The van der Waals surface area contributed by atoms with Crippen molar-refractivity contribution in [2.75, 3.05) is 26.8 Å². The Bertz CT molecular complexity index is 850. The normalized spacial score (nSPS) is 11.3. The summed E-state index contributed by atoms with van der Waals surface area (Å²) in [6.07, 6.45) is 0. The van der Waals surface area contributed by atoms with E-state index in [4.69, 9.17) is 14.7 Å². The molecule has 2 aromatic rings. The minimum atomic E-state index is -3.93. The number of hydrogen-bond donors (Lipinski definition) is 2. The lowest BCUT2D eigenvalue weighted by Crippen LogP contribution is -2.41. The number of nitrogens with zero attached hydrogens (tertiary/aromatic N) is 1. The van der Waals surface area contributed by atoms with Crippen LogP contribution in [0.5, 0.6) is 11.5 Å². The number of rotatable bonds is 9. The van der Waals surface area contributed by atoms with Crippen LogP contribution in [0.4, 0.5) is 0 Å². The van der Waals surface area contributed by atoms with Gasteiger partial charge in [0.05, 0.1) is 18.6 Å². The van der Waals surface area contributed by atoms with Crippen molar-refractivity contribution in [3.05, 3.63) is 54.1 Å². The molecule has 2 aromatic carbocycles. The lowest BCUT2D eigenvalue weighted by Gasteiger charge is -2.21. The number of hydroxylamine groups is 1. The third kappa shape index (κ3) is 5.68. The summed E-state index contributed by atoms with van der Waals surface area (Å²) in [5.74, 6) is 0.371. The summed E-state index contributed by atoms with van der Waals surface area (Å²) >= 11 is 0. The smallest absolute Gasteiger partial charge is 0.258 e. The Labute approximate surface area is 158 Å². The van der Waals surface area contributed by atoms with Gasteiger partial charge in [-0.1, -0.05) is 17.7 Å². The Hall–Kier alpha value is -2.62. The highest BCUT2D eigenvalue weighted by molar-refractivity contribution is 7.89. The molecule has 0 aliphatic carbocycles. The lowest BCUT2D eigenvalue weighted by atomic mass is 10.2. The van der Waals surface area contributed by atoms with E-state index in [0.29, 0.717) is 11.5 Å². The molecular formula is C18H22N2O6S. The van der Waals surface area contributed by atoms with Gasteiger partial charge in [-0.25, -0.2) is 13.9 Å². The summed E-state index contributed by atoms with van der Waals surface area (Å²) in [4.78, 5) is 11.6. The molecule has 0 aromatic heterocycles. The van der Waals surface area contributed by atoms with Gasteiger partial charge in [0.2, 0.25) is 10.0 Å². The zero-order chi connectivity index (χ0) is 19.9. The Morgan fingerprint density at radius 3 is 2.22 bits per heavy atom. The van der Waals surface area contributed by atoms with Crippen LogP contribution in [0.3, 0.4) is 0 Å². The van der Waals surface area contributed by atoms with E-state index in [0.717, 1.165) is 9.87 Å². The molecule has 0 heterocycles. The first-order valence-corrected chi connectivity index (χ1v) is 9.57. The second kappa shape index (κ2) is 9.36. The predicted octanol–water partition coefficient (Wildman–Crippen LogP) is 1.58. The van der Waals surface area contributed by atoms with Crippen LogP contribution in [0.2, 0.25) is 0 Å². The maximum Gasteiger partial charge on any atom is 0.258 e. The van der Waals surface area contributed by atoms with Gasteiger partial charge >= 0.3 is 0 Å². The zero-order valence-corrected chi connectivity index (χ0v) is 15.9. The number of carbonyl (C=O) groups is 1. The first-order valence-electron chi connectivity index (χ1n) is 8.13. The molecular weight excluding hydrogens is 372 g/mol. The van der Waals surface area contributed by atoms with Gasteiger partial charge in [0, 0.05) is 6.54 Å². The average molecular weight is 394 g/mol. The number of methoxy groups -OCH3 is 1. The Balaban J connectivity index is 2.10. The highest BCUT2D eigenvalue weighted by Crippen LogP contribution is 2.18. The van der Waals surface area contributed by atoms with Crippen LogP contribution in [0.1, 0.15) is 5.56 Å². The maximum atomic E-state index is 12.8. The Kier molecular flexibility index (Phi) is 7.17. The summed E-state index contributed by atoms with van der Waals surface area (Å²) in [7, 11) is -2.38. The molecule has 0 saturated heterocycles. The summed E-state index contributed by atoms with van der Waals surface area (Å²) in [6.45, 7) is 1.26. The van der Waals surface area contributed by atoms with Gasteiger partial charge in [-0.15, -0.1) is 0 Å². The predicted molar refractivity (Wildman–Crippen MR) is 98.4 cm³/mol. The molecule has 0 aliphatic heterocycles. The summed E-state index contributed by atoms with van der Waals surface area (Å²) in [5, 5.41) is 8.75. The molecule has 0 atom stereocenters. The van der Waals surface area contributed by atoms with Crippen molar-refractivity contribution in [3.63, 3.8) is 0 Å². The van der Waals surface area contributed by atoms with Crippen LogP contribution in [0.25, 0.3) is 0 Å². The van der Waals surface area contributed by atoms with Crippen molar-refractivity contribution in [1.82, 2.24) is 9.79 Å². The number of nitrogens with one attached hydrogen (secondary N) is 1. The fourth-order valence-corrected chi connectivity index (χ4v) is 3.66. The van der Waals surface area contributed by atoms with Crippen molar-refractivity contribution >= 4 is 15.9 Å². The first kappa shape index (κ1) is 20.7. The van der Waals surface area contributed by atoms with Gasteiger partial charge in [0.25, 0.3) is 5.91 Å². The number of benzene rings is 2. The van der Waals surface area contributed by atoms with Gasteiger partial charge < -0.3 is 9.47 Å². The first-order chi connectivity index (χ1) is 12.9. The second-order valence-corrected chi connectivity index (χ2v) is 7.65. The van der Waals surface area contributed by atoms with E-state index in [9.17, 15) is 13.2 Å². The highest BCUT2D eigenvalue weighted by Gasteiger charge is 2.26. The van der Waals surface area contributed by atoms with Crippen molar-refractivity contribution in [2.45, 2.75) is 11.8 Å². The number of aryl methyl sites for hydroxylation is 1. The van der Waals surface area contributed by atoms with Crippen molar-refractivity contribution in [1.29, 1.82) is 0 Å². The van der Waals surface area contributed by atoms with Crippen LogP contribution in [0, 0.1) is 6.92 Å². The third-order valence-electron chi connectivity index (χ3n) is 3.77. The molecule has 27 heavy (non-hydrogen) atoms. The SMILES string of the molecule is COc1ccc(OCCN(CC(=O)NO)S(=O)(=O)c2ccc(C)cc2)cc1. The zero-order valence-electron chi connectivity index (χ0n) is 15.1. The molecule has 0 spiro atoms. The van der Waals surface area contributed by atoms with Crippen LogP contribution in [-0.4, -0.2) is 50.6 Å². The molecule has 9 heteroatoms. The molecule has 0 aliphatic rings. The van der Waals surface area contributed by atoms with Gasteiger partial charge in [-0.05, 0) is 43.3 Å². The van der Waals surface area contributed by atoms with E-state index >= 15 is 0 Å². The third-order valence-corrected chi connectivity index (χ3v) is 5.63. The monoisotopic (exact) mass is 394 g/mol. The Morgan fingerprint density at radius 1 is 1.07 bits per heavy atom. The highest BCUT2D eigenvalue weighted by atomic mass is 32.2. The van der Waals surface area contributed by atoms with E-state index in [1.165, 1.54) is 17.6 Å². The molecule has 146 valence electrons. The standard InChI is InChI=1S/C18H22N2O6S/c1-14-3-9-17(10-4-14)27(23,24)20(13-18(21)19-22)11-12-26-16-7-5-15(25-2)6-8-16/h3-10,22H,11-13H2,1-2H3,(H,19,21). The fourth-order valence-electron chi connectivity index (χ4n) is 2.28. The van der Waals surface area contributed by atoms with E-state index in [2.05, 4.69) is 0 Å². The van der Waals surface area contributed by atoms with Gasteiger partial charge in [-0.2, -0.15) is 4.31 Å². The molecule has 0 unspecified atom stereocenters. The minimum absolute atomic E-state index is 0.0239. The summed E-state index contributed by atoms with van der Waals surface area (Å²) < 4.78 is 37.2. The topological polar surface area (TPSA) is 105 Å². The van der Waals surface area contributed by atoms with E-state index in [1.807, 2.05) is 6.92 Å². The largest absolute Gasteiger partial charge is 0.497 e.